The Balaban J connectivity index is 1.23. The molecule has 0 bridgehead atoms. The summed E-state index contributed by atoms with van der Waals surface area (Å²) in [5.74, 6) is 0.968. The first-order valence-electron chi connectivity index (χ1n) is 11.2. The van der Waals surface area contributed by atoms with Crippen molar-refractivity contribution in [2.24, 2.45) is 0 Å². The fraction of sp³-hybridized carbons (Fsp3) is 0.458. The normalized spacial score (nSPS) is 17.3. The maximum atomic E-state index is 12.6. The van der Waals surface area contributed by atoms with E-state index in [0.717, 1.165) is 61.0 Å². The molecule has 1 aromatic carbocycles. The van der Waals surface area contributed by atoms with Crippen LogP contribution in [0.2, 0.25) is 0 Å². The molecule has 0 aliphatic carbocycles. The summed E-state index contributed by atoms with van der Waals surface area (Å²) < 4.78 is 5.83. The Hall–Kier alpha value is -2.71. The van der Waals surface area contributed by atoms with Crippen molar-refractivity contribution < 1.29 is 14.3 Å². The van der Waals surface area contributed by atoms with E-state index in [9.17, 15) is 9.59 Å². The van der Waals surface area contributed by atoms with Crippen LogP contribution in [0.25, 0.3) is 6.08 Å². The van der Waals surface area contributed by atoms with Gasteiger partial charge in [-0.3, -0.25) is 14.5 Å². The molecule has 2 aliphatic heterocycles. The zero-order valence-corrected chi connectivity index (χ0v) is 19.4. The van der Waals surface area contributed by atoms with Gasteiger partial charge in [-0.25, -0.2) is 4.98 Å². The molecule has 2 aliphatic rings. The van der Waals surface area contributed by atoms with Gasteiger partial charge in [-0.2, -0.15) is 0 Å². The van der Waals surface area contributed by atoms with Crippen LogP contribution in [0.15, 0.2) is 35.7 Å². The van der Waals surface area contributed by atoms with Gasteiger partial charge in [0.25, 0.3) is 0 Å². The molecule has 0 atom stereocenters. The van der Waals surface area contributed by atoms with Crippen LogP contribution in [0.1, 0.15) is 29.1 Å². The van der Waals surface area contributed by atoms with Crippen LogP contribution in [0, 0.1) is 6.92 Å². The third-order valence-electron chi connectivity index (χ3n) is 5.83. The molecule has 2 saturated heterocycles. The van der Waals surface area contributed by atoms with E-state index in [0.29, 0.717) is 26.2 Å². The highest BCUT2D eigenvalue weighted by Gasteiger charge is 2.24. The van der Waals surface area contributed by atoms with Crippen LogP contribution < -0.4 is 4.74 Å². The monoisotopic (exact) mass is 454 g/mol. The van der Waals surface area contributed by atoms with E-state index in [1.807, 2.05) is 52.4 Å². The van der Waals surface area contributed by atoms with Gasteiger partial charge in [0, 0.05) is 50.7 Å². The van der Waals surface area contributed by atoms with E-state index in [-0.39, 0.29) is 11.8 Å². The highest BCUT2D eigenvalue weighted by Crippen LogP contribution is 2.17. The van der Waals surface area contributed by atoms with E-state index in [1.165, 1.54) is 0 Å². The van der Waals surface area contributed by atoms with Crippen LogP contribution >= 0.6 is 11.3 Å². The van der Waals surface area contributed by atoms with Crippen molar-refractivity contribution in [3.05, 3.63) is 52.0 Å². The summed E-state index contributed by atoms with van der Waals surface area (Å²) in [7, 11) is 0. The lowest BCUT2D eigenvalue weighted by molar-refractivity contribution is -0.132. The van der Waals surface area contributed by atoms with Gasteiger partial charge in [0.15, 0.2) is 0 Å². The van der Waals surface area contributed by atoms with Crippen molar-refractivity contribution in [3.8, 4) is 5.75 Å². The maximum Gasteiger partial charge on any atom is 0.246 e. The molecule has 0 unspecified atom stereocenters. The zero-order chi connectivity index (χ0) is 22.3. The average Bonchev–Trinajstić information content (AvgIpc) is 3.49. The third-order valence-corrected chi connectivity index (χ3v) is 6.65. The number of aryl methyl sites for hydroxylation is 1. The second-order valence-corrected chi connectivity index (χ2v) is 9.30. The minimum absolute atomic E-state index is 0.000195. The predicted molar refractivity (Wildman–Crippen MR) is 125 cm³/mol. The molecule has 4 rings (SSSR count). The summed E-state index contributed by atoms with van der Waals surface area (Å²) in [5, 5.41) is 3.03. The molecule has 2 aromatic rings. The fourth-order valence-electron chi connectivity index (χ4n) is 4.00. The van der Waals surface area contributed by atoms with Crippen molar-refractivity contribution in [2.45, 2.75) is 26.4 Å². The molecule has 1 aromatic heterocycles. The molecular weight excluding hydrogens is 424 g/mol. The Morgan fingerprint density at radius 2 is 1.88 bits per heavy atom. The second-order valence-electron chi connectivity index (χ2n) is 8.24. The summed E-state index contributed by atoms with van der Waals surface area (Å²) >= 11 is 1.61. The number of carbonyl (C=O) groups excluding carboxylic acids is 2. The second kappa shape index (κ2) is 10.7. The molecule has 170 valence electrons. The average molecular weight is 455 g/mol. The Morgan fingerprint density at radius 1 is 1.09 bits per heavy atom. The number of rotatable bonds is 7. The molecule has 8 heteroatoms. The third kappa shape index (κ3) is 6.17. The van der Waals surface area contributed by atoms with Crippen molar-refractivity contribution >= 4 is 29.2 Å². The number of thiazole rings is 1. The topological polar surface area (TPSA) is 66.0 Å². The first kappa shape index (κ1) is 22.5. The van der Waals surface area contributed by atoms with Gasteiger partial charge >= 0.3 is 0 Å². The van der Waals surface area contributed by atoms with Gasteiger partial charge in [0.1, 0.15) is 12.4 Å². The number of piperazine rings is 1. The highest BCUT2D eigenvalue weighted by atomic mass is 32.1. The molecule has 3 heterocycles. The number of hydrogen-bond acceptors (Lipinski definition) is 6. The molecule has 2 fully saturated rings. The standard InChI is InChI=1S/C24H30N4O3S/c1-19-25-21(18-32-19)17-31-22-6-4-5-20(15-22)7-8-23(29)28-13-11-26(12-14-28)16-24(30)27-9-2-3-10-27/h4-8,15,18H,2-3,9-14,16-17H2,1H3/b8-7+. The Kier molecular flexibility index (Phi) is 7.55. The first-order chi connectivity index (χ1) is 15.6. The van der Waals surface area contributed by atoms with Crippen molar-refractivity contribution in [1.82, 2.24) is 19.7 Å². The molecule has 0 spiro atoms. The molecule has 0 saturated carbocycles. The highest BCUT2D eigenvalue weighted by molar-refractivity contribution is 7.09. The van der Waals surface area contributed by atoms with Gasteiger partial charge in [0.05, 0.1) is 17.2 Å². The van der Waals surface area contributed by atoms with Gasteiger partial charge in [0.2, 0.25) is 11.8 Å². The van der Waals surface area contributed by atoms with E-state index in [4.69, 9.17) is 4.74 Å². The number of hydrogen-bond donors (Lipinski definition) is 0. The molecule has 32 heavy (non-hydrogen) atoms. The number of carbonyl (C=O) groups is 2. The Labute approximate surface area is 193 Å². The number of benzene rings is 1. The number of likely N-dealkylation sites (tertiary alicyclic amines) is 1. The van der Waals surface area contributed by atoms with Crippen LogP contribution in [0.3, 0.4) is 0 Å². The molecule has 0 N–H and O–H groups in total. The van der Waals surface area contributed by atoms with Crippen molar-refractivity contribution in [2.75, 3.05) is 45.8 Å². The van der Waals surface area contributed by atoms with Gasteiger partial charge in [-0.05, 0) is 43.5 Å². The summed E-state index contributed by atoms with van der Waals surface area (Å²) in [4.78, 5) is 35.3. The lowest BCUT2D eigenvalue weighted by Gasteiger charge is -2.34. The molecule has 7 nitrogen and oxygen atoms in total. The largest absolute Gasteiger partial charge is 0.487 e. The SMILES string of the molecule is Cc1nc(COc2cccc(/C=C/C(=O)N3CCN(CC(=O)N4CCCC4)CC3)c2)cs1. The molecule has 0 radical (unpaired) electrons. The smallest absolute Gasteiger partial charge is 0.246 e. The fourth-order valence-corrected chi connectivity index (χ4v) is 4.59. The lowest BCUT2D eigenvalue weighted by Crippen LogP contribution is -2.51. The minimum Gasteiger partial charge on any atom is -0.487 e. The zero-order valence-electron chi connectivity index (χ0n) is 18.5. The summed E-state index contributed by atoms with van der Waals surface area (Å²) in [6.45, 7) is 7.41. The predicted octanol–water partition coefficient (Wildman–Crippen LogP) is 2.81. The number of nitrogens with zero attached hydrogens (tertiary/aromatic N) is 4. The van der Waals surface area contributed by atoms with Gasteiger partial charge in [-0.15, -0.1) is 11.3 Å². The van der Waals surface area contributed by atoms with E-state index < -0.39 is 0 Å². The van der Waals surface area contributed by atoms with Crippen LogP contribution in [-0.2, 0) is 16.2 Å². The van der Waals surface area contributed by atoms with Crippen molar-refractivity contribution in [1.29, 1.82) is 0 Å². The quantitative estimate of drug-likeness (QED) is 0.602. The van der Waals surface area contributed by atoms with Crippen LogP contribution in [0.4, 0.5) is 0 Å². The minimum atomic E-state index is -0.000195. The van der Waals surface area contributed by atoms with Crippen LogP contribution in [0.5, 0.6) is 5.75 Å². The van der Waals surface area contributed by atoms with Crippen molar-refractivity contribution in [3.63, 3.8) is 0 Å². The van der Waals surface area contributed by atoms with Gasteiger partial charge < -0.3 is 14.5 Å². The Morgan fingerprint density at radius 3 is 2.59 bits per heavy atom. The molecular formula is C24H30N4O3S. The summed E-state index contributed by atoms with van der Waals surface area (Å²) in [6, 6.07) is 7.69. The first-order valence-corrected chi connectivity index (χ1v) is 12.1. The molecule has 2 amide bonds. The number of ether oxygens (including phenoxy) is 1. The van der Waals surface area contributed by atoms with Crippen LogP contribution in [-0.4, -0.2) is 77.3 Å². The lowest BCUT2D eigenvalue weighted by atomic mass is 10.2. The summed E-state index contributed by atoms with van der Waals surface area (Å²) in [5.41, 5.74) is 1.84. The van der Waals surface area contributed by atoms with Gasteiger partial charge in [-0.1, -0.05) is 12.1 Å². The van der Waals surface area contributed by atoms with E-state index in [2.05, 4.69) is 9.88 Å². The van der Waals surface area contributed by atoms with E-state index >= 15 is 0 Å². The van der Waals surface area contributed by atoms with E-state index in [1.54, 1.807) is 17.4 Å². The number of amides is 2. The Bertz CT molecular complexity index is 960. The number of aromatic nitrogens is 1. The summed E-state index contributed by atoms with van der Waals surface area (Å²) in [6.07, 6.45) is 5.67. The maximum absolute atomic E-state index is 12.6.